The van der Waals surface area contributed by atoms with E-state index in [-0.39, 0.29) is 17.9 Å². The third-order valence-electron chi connectivity index (χ3n) is 3.83. The third kappa shape index (κ3) is 6.50. The quantitative estimate of drug-likeness (QED) is 0.726. The zero-order chi connectivity index (χ0) is 15.8. The van der Waals surface area contributed by atoms with Gasteiger partial charge in [0.2, 0.25) is 5.91 Å². The lowest BCUT2D eigenvalue weighted by Gasteiger charge is -2.34. The first-order valence-electron chi connectivity index (χ1n) is 8.01. The van der Waals surface area contributed by atoms with Crippen LogP contribution in [0.3, 0.4) is 0 Å². The molecule has 1 rings (SSSR count). The maximum atomic E-state index is 11.9. The zero-order valence-electron chi connectivity index (χ0n) is 14.2. The zero-order valence-corrected chi connectivity index (χ0v) is 14.2. The highest BCUT2D eigenvalue weighted by molar-refractivity contribution is 5.77. The first kappa shape index (κ1) is 18.0. The molecule has 1 amide bonds. The Balaban J connectivity index is 2.41. The molecule has 0 N–H and O–H groups in total. The lowest BCUT2D eigenvalue weighted by atomic mass is 10.1. The molecule has 0 aromatic rings. The first-order chi connectivity index (χ1) is 9.93. The van der Waals surface area contributed by atoms with E-state index in [2.05, 4.69) is 30.6 Å². The van der Waals surface area contributed by atoms with Gasteiger partial charge in [0.25, 0.3) is 0 Å². The van der Waals surface area contributed by atoms with Gasteiger partial charge in [-0.1, -0.05) is 39.5 Å². The van der Waals surface area contributed by atoms with Gasteiger partial charge in [-0.15, -0.1) is 0 Å². The summed E-state index contributed by atoms with van der Waals surface area (Å²) in [6.45, 7) is 12.1. The normalized spacial score (nSPS) is 20.8. The molecule has 0 aromatic carbocycles. The van der Waals surface area contributed by atoms with Gasteiger partial charge in [-0.05, 0) is 6.42 Å². The molecule has 0 aromatic heterocycles. The molecule has 1 aliphatic rings. The van der Waals surface area contributed by atoms with Crippen LogP contribution in [0.5, 0.6) is 0 Å². The Labute approximate surface area is 129 Å². The number of ether oxygens (including phenoxy) is 1. The van der Waals surface area contributed by atoms with Crippen molar-refractivity contribution in [3.63, 3.8) is 0 Å². The topological polar surface area (TPSA) is 32.8 Å². The van der Waals surface area contributed by atoms with Crippen LogP contribution in [0.15, 0.2) is 0 Å². The van der Waals surface area contributed by atoms with Gasteiger partial charge in [0.1, 0.15) is 0 Å². The fourth-order valence-electron chi connectivity index (χ4n) is 2.30. The predicted octanol–water partition coefficient (Wildman–Crippen LogP) is 1.85. The average molecular weight is 294 g/mol. The van der Waals surface area contributed by atoms with Crippen LogP contribution in [-0.2, 0) is 9.53 Å². The highest BCUT2D eigenvalue weighted by Crippen LogP contribution is 2.08. The molecule has 1 aliphatic heterocycles. The van der Waals surface area contributed by atoms with Gasteiger partial charge in [-0.2, -0.15) is 0 Å². The summed E-state index contributed by atoms with van der Waals surface area (Å²) in [5.41, 5.74) is 0. The largest absolute Gasteiger partial charge is 0.374 e. The van der Waals surface area contributed by atoms with E-state index in [1.807, 2.05) is 20.9 Å². The standard InChI is InChI=1S/C17H30N2O2/c1-6-15(4)8-7-9-19-10-11-21-16(13-19)12-18(5)17(20)14(2)3/h14-16H,6,9-13H2,1-5H3. The molecule has 1 fully saturated rings. The lowest BCUT2D eigenvalue weighted by molar-refractivity contribution is -0.136. The Hall–Kier alpha value is -1.05. The number of morpholine rings is 1. The van der Waals surface area contributed by atoms with E-state index in [1.165, 1.54) is 0 Å². The number of rotatable bonds is 5. The summed E-state index contributed by atoms with van der Waals surface area (Å²) < 4.78 is 5.77. The molecule has 1 saturated heterocycles. The molecule has 4 heteroatoms. The maximum Gasteiger partial charge on any atom is 0.224 e. The van der Waals surface area contributed by atoms with E-state index in [1.54, 1.807) is 4.90 Å². The van der Waals surface area contributed by atoms with E-state index in [0.717, 1.165) is 32.7 Å². The summed E-state index contributed by atoms with van der Waals surface area (Å²) in [5.74, 6) is 7.21. The summed E-state index contributed by atoms with van der Waals surface area (Å²) in [5, 5.41) is 0. The van der Waals surface area contributed by atoms with E-state index >= 15 is 0 Å². The summed E-state index contributed by atoms with van der Waals surface area (Å²) >= 11 is 0. The van der Waals surface area contributed by atoms with Crippen LogP contribution in [0.25, 0.3) is 0 Å². The van der Waals surface area contributed by atoms with Gasteiger partial charge in [0.15, 0.2) is 0 Å². The molecule has 0 spiro atoms. The van der Waals surface area contributed by atoms with Crippen molar-refractivity contribution in [2.24, 2.45) is 11.8 Å². The van der Waals surface area contributed by atoms with E-state index in [9.17, 15) is 4.79 Å². The fraction of sp³-hybridized carbons (Fsp3) is 0.824. The average Bonchev–Trinajstić information content (AvgIpc) is 2.46. The molecule has 0 bridgehead atoms. The number of hydrogen-bond donors (Lipinski definition) is 0. The second-order valence-corrected chi connectivity index (χ2v) is 6.23. The second-order valence-electron chi connectivity index (χ2n) is 6.23. The van der Waals surface area contributed by atoms with Crippen molar-refractivity contribution in [3.8, 4) is 11.8 Å². The lowest BCUT2D eigenvalue weighted by Crippen LogP contribution is -2.48. The van der Waals surface area contributed by atoms with Crippen LogP contribution in [0.1, 0.15) is 34.1 Å². The molecule has 0 aliphatic carbocycles. The Kier molecular flexibility index (Phi) is 7.77. The van der Waals surface area contributed by atoms with Crippen molar-refractivity contribution >= 4 is 5.91 Å². The number of carbonyl (C=O) groups is 1. The van der Waals surface area contributed by atoms with E-state index in [4.69, 9.17) is 4.74 Å². The minimum Gasteiger partial charge on any atom is -0.374 e. The smallest absolute Gasteiger partial charge is 0.224 e. The maximum absolute atomic E-state index is 11.9. The minimum absolute atomic E-state index is 0.0380. The molecule has 2 atom stereocenters. The van der Waals surface area contributed by atoms with Crippen LogP contribution in [0.2, 0.25) is 0 Å². The Morgan fingerprint density at radius 3 is 2.76 bits per heavy atom. The first-order valence-corrected chi connectivity index (χ1v) is 8.01. The summed E-state index contributed by atoms with van der Waals surface area (Å²) in [4.78, 5) is 16.0. The highest BCUT2D eigenvalue weighted by Gasteiger charge is 2.23. The summed E-state index contributed by atoms with van der Waals surface area (Å²) in [6, 6.07) is 0. The second kappa shape index (κ2) is 9.07. The number of carbonyl (C=O) groups excluding carboxylic acids is 1. The number of likely N-dealkylation sites (N-methyl/N-ethyl adjacent to an activating group) is 1. The van der Waals surface area contributed by atoms with Crippen molar-refractivity contribution < 1.29 is 9.53 Å². The van der Waals surface area contributed by atoms with Gasteiger partial charge >= 0.3 is 0 Å². The van der Waals surface area contributed by atoms with Gasteiger partial charge in [0, 0.05) is 38.5 Å². The monoisotopic (exact) mass is 294 g/mol. The summed E-state index contributed by atoms with van der Waals surface area (Å²) in [6.07, 6.45) is 1.19. The van der Waals surface area contributed by atoms with Crippen LogP contribution >= 0.6 is 0 Å². The molecular formula is C17H30N2O2. The molecule has 2 unspecified atom stereocenters. The van der Waals surface area contributed by atoms with Crippen molar-refractivity contribution in [1.82, 2.24) is 9.80 Å². The number of nitrogens with zero attached hydrogens (tertiary/aromatic N) is 2. The van der Waals surface area contributed by atoms with E-state index < -0.39 is 0 Å². The van der Waals surface area contributed by atoms with Crippen molar-refractivity contribution in [3.05, 3.63) is 0 Å². The van der Waals surface area contributed by atoms with Crippen LogP contribution in [-0.4, -0.2) is 61.6 Å². The number of amides is 1. The van der Waals surface area contributed by atoms with Gasteiger partial charge < -0.3 is 9.64 Å². The van der Waals surface area contributed by atoms with Crippen molar-refractivity contribution in [2.45, 2.75) is 40.2 Å². The SMILES string of the molecule is CCC(C)C#CCN1CCOC(CN(C)C(=O)C(C)C)C1. The van der Waals surface area contributed by atoms with Crippen LogP contribution in [0.4, 0.5) is 0 Å². The van der Waals surface area contributed by atoms with Gasteiger partial charge in [-0.25, -0.2) is 0 Å². The molecular weight excluding hydrogens is 264 g/mol. The van der Waals surface area contributed by atoms with E-state index in [0.29, 0.717) is 12.5 Å². The molecule has 120 valence electrons. The highest BCUT2D eigenvalue weighted by atomic mass is 16.5. The van der Waals surface area contributed by atoms with Crippen LogP contribution < -0.4 is 0 Å². The Bertz CT molecular complexity index is 384. The van der Waals surface area contributed by atoms with Crippen LogP contribution in [0, 0.1) is 23.7 Å². The van der Waals surface area contributed by atoms with Crippen molar-refractivity contribution in [1.29, 1.82) is 0 Å². The molecule has 1 heterocycles. The molecule has 21 heavy (non-hydrogen) atoms. The minimum atomic E-state index is 0.0380. The predicted molar refractivity (Wildman–Crippen MR) is 85.9 cm³/mol. The Morgan fingerprint density at radius 1 is 1.43 bits per heavy atom. The molecule has 0 radical (unpaired) electrons. The molecule has 0 saturated carbocycles. The third-order valence-corrected chi connectivity index (χ3v) is 3.83. The van der Waals surface area contributed by atoms with Gasteiger partial charge in [-0.3, -0.25) is 9.69 Å². The summed E-state index contributed by atoms with van der Waals surface area (Å²) in [7, 11) is 1.85. The van der Waals surface area contributed by atoms with Gasteiger partial charge in [0.05, 0.1) is 19.3 Å². The molecule has 4 nitrogen and oxygen atoms in total. The number of hydrogen-bond acceptors (Lipinski definition) is 3. The van der Waals surface area contributed by atoms with Crippen molar-refractivity contribution in [2.75, 3.05) is 39.8 Å². The fourth-order valence-corrected chi connectivity index (χ4v) is 2.30. The Morgan fingerprint density at radius 2 is 2.14 bits per heavy atom.